The number of aromatic nitrogens is 7. The normalized spacial score (nSPS) is 17.8. The smallest absolute Gasteiger partial charge is 0.296 e. The SMILES string of the molecule is CCCCc1cn(C2CCC2C(C)(C)C)c(=O)n1Cc1ccc(-c2ccccc2-c2nnn[nH]2)cn1. The largest absolute Gasteiger partial charge is 0.328 e. The van der Waals surface area contributed by atoms with Gasteiger partial charge in [-0.2, -0.15) is 0 Å². The quantitative estimate of drug-likeness (QED) is 0.366. The highest BCUT2D eigenvalue weighted by Crippen LogP contribution is 2.48. The van der Waals surface area contributed by atoms with Crippen molar-refractivity contribution in [1.29, 1.82) is 0 Å². The van der Waals surface area contributed by atoms with E-state index < -0.39 is 0 Å². The average molecular weight is 486 g/mol. The number of nitrogens with one attached hydrogen (secondary N) is 1. The van der Waals surface area contributed by atoms with Crippen LogP contribution in [0.4, 0.5) is 0 Å². The summed E-state index contributed by atoms with van der Waals surface area (Å²) in [5.41, 5.74) is 5.16. The van der Waals surface area contributed by atoms with E-state index in [0.717, 1.165) is 53.8 Å². The lowest BCUT2D eigenvalue weighted by Crippen LogP contribution is -2.42. The van der Waals surface area contributed by atoms with Gasteiger partial charge in [-0.25, -0.2) is 9.89 Å². The standard InChI is InChI=1S/C28H35N7O/c1-5-6-9-21-18-35(25-15-14-24(25)28(2,3)4)27(36)34(21)17-20-13-12-19(16-29-20)22-10-7-8-11-23(22)26-30-32-33-31-26/h7-8,10-13,16,18,24-25H,5-6,9,14-15,17H2,1-4H3,(H,30,31,32,33). The predicted octanol–water partition coefficient (Wildman–Crippen LogP) is 5.28. The molecule has 188 valence electrons. The van der Waals surface area contributed by atoms with Gasteiger partial charge in [0.15, 0.2) is 5.82 Å². The highest BCUT2D eigenvalue weighted by atomic mass is 16.1. The van der Waals surface area contributed by atoms with Gasteiger partial charge in [-0.1, -0.05) is 64.4 Å². The summed E-state index contributed by atoms with van der Waals surface area (Å²) >= 11 is 0. The maximum atomic E-state index is 13.6. The Morgan fingerprint density at radius 3 is 2.50 bits per heavy atom. The van der Waals surface area contributed by atoms with Crippen LogP contribution < -0.4 is 5.69 Å². The third kappa shape index (κ3) is 4.64. The molecule has 4 aromatic rings. The molecule has 1 aromatic carbocycles. The molecule has 0 bridgehead atoms. The maximum Gasteiger partial charge on any atom is 0.328 e. The molecule has 3 heterocycles. The number of rotatable bonds is 8. The molecule has 2 atom stereocenters. The third-order valence-corrected chi connectivity index (χ3v) is 7.56. The van der Waals surface area contributed by atoms with Crippen LogP contribution in [0, 0.1) is 11.3 Å². The van der Waals surface area contributed by atoms with E-state index in [4.69, 9.17) is 4.98 Å². The molecule has 36 heavy (non-hydrogen) atoms. The van der Waals surface area contributed by atoms with E-state index in [-0.39, 0.29) is 17.1 Å². The number of hydrogen-bond donors (Lipinski definition) is 1. The molecule has 1 aliphatic rings. The molecule has 0 amide bonds. The molecule has 5 rings (SSSR count). The molecule has 8 heteroatoms. The molecule has 3 aromatic heterocycles. The van der Waals surface area contributed by atoms with Crippen LogP contribution in [-0.2, 0) is 13.0 Å². The second-order valence-corrected chi connectivity index (χ2v) is 11.0. The lowest BCUT2D eigenvalue weighted by Gasteiger charge is -2.45. The molecule has 0 saturated heterocycles. The van der Waals surface area contributed by atoms with Crippen molar-refractivity contribution in [2.45, 2.75) is 72.4 Å². The number of tetrazole rings is 1. The zero-order valence-electron chi connectivity index (χ0n) is 21.6. The highest BCUT2D eigenvalue weighted by molar-refractivity contribution is 5.79. The lowest BCUT2D eigenvalue weighted by molar-refractivity contribution is 0.0616. The summed E-state index contributed by atoms with van der Waals surface area (Å²) in [6.45, 7) is 9.52. The van der Waals surface area contributed by atoms with Crippen molar-refractivity contribution < 1.29 is 0 Å². The van der Waals surface area contributed by atoms with Crippen molar-refractivity contribution in [2.24, 2.45) is 11.3 Å². The molecular formula is C28H35N7O. The van der Waals surface area contributed by atoms with E-state index in [1.165, 1.54) is 6.42 Å². The summed E-state index contributed by atoms with van der Waals surface area (Å²) in [6, 6.07) is 12.3. The number of H-pyrrole nitrogens is 1. The fourth-order valence-electron chi connectivity index (χ4n) is 5.39. The fourth-order valence-corrected chi connectivity index (χ4v) is 5.39. The first-order valence-corrected chi connectivity index (χ1v) is 13.0. The highest BCUT2D eigenvalue weighted by Gasteiger charge is 2.41. The number of hydrogen-bond acceptors (Lipinski definition) is 5. The number of aromatic amines is 1. The van der Waals surface area contributed by atoms with Crippen LogP contribution in [-0.4, -0.2) is 34.7 Å². The predicted molar refractivity (Wildman–Crippen MR) is 140 cm³/mol. The van der Waals surface area contributed by atoms with Gasteiger partial charge in [0.05, 0.1) is 12.2 Å². The summed E-state index contributed by atoms with van der Waals surface area (Å²) in [5.74, 6) is 1.15. The minimum absolute atomic E-state index is 0.0918. The number of unbranched alkanes of at least 4 members (excludes halogenated alkanes) is 1. The number of nitrogens with zero attached hydrogens (tertiary/aromatic N) is 6. The van der Waals surface area contributed by atoms with Crippen LogP contribution in [0.5, 0.6) is 0 Å². The monoisotopic (exact) mass is 485 g/mol. The minimum atomic E-state index is 0.0918. The molecule has 0 aliphatic heterocycles. The van der Waals surface area contributed by atoms with Crippen LogP contribution in [0.2, 0.25) is 0 Å². The van der Waals surface area contributed by atoms with Gasteiger partial charge in [-0.15, -0.1) is 5.10 Å². The van der Waals surface area contributed by atoms with Crippen molar-refractivity contribution in [3.05, 3.63) is 70.7 Å². The van der Waals surface area contributed by atoms with Crippen LogP contribution in [0.3, 0.4) is 0 Å². The first-order chi connectivity index (χ1) is 17.4. The van der Waals surface area contributed by atoms with Crippen molar-refractivity contribution in [3.8, 4) is 22.5 Å². The molecular weight excluding hydrogens is 450 g/mol. The summed E-state index contributed by atoms with van der Waals surface area (Å²) in [4.78, 5) is 18.4. The average Bonchev–Trinajstić information content (AvgIpc) is 3.46. The fraction of sp³-hybridized carbons (Fsp3) is 0.464. The van der Waals surface area contributed by atoms with Gasteiger partial charge in [-0.05, 0) is 59.1 Å². The minimum Gasteiger partial charge on any atom is -0.296 e. The van der Waals surface area contributed by atoms with E-state index in [1.54, 1.807) is 0 Å². The summed E-state index contributed by atoms with van der Waals surface area (Å²) in [7, 11) is 0. The zero-order valence-corrected chi connectivity index (χ0v) is 21.6. The maximum absolute atomic E-state index is 13.6. The molecule has 0 radical (unpaired) electrons. The first kappa shape index (κ1) is 24.2. The van der Waals surface area contributed by atoms with Gasteiger partial charge in [0, 0.05) is 35.3 Å². The van der Waals surface area contributed by atoms with Gasteiger partial charge < -0.3 is 0 Å². The van der Waals surface area contributed by atoms with E-state index in [9.17, 15) is 4.79 Å². The Balaban J connectivity index is 1.43. The number of pyridine rings is 1. The van der Waals surface area contributed by atoms with Gasteiger partial charge >= 0.3 is 5.69 Å². The summed E-state index contributed by atoms with van der Waals surface area (Å²) in [5, 5.41) is 14.3. The first-order valence-electron chi connectivity index (χ1n) is 13.0. The lowest BCUT2D eigenvalue weighted by atomic mass is 9.65. The van der Waals surface area contributed by atoms with Crippen LogP contribution in [0.1, 0.15) is 70.8 Å². The third-order valence-electron chi connectivity index (χ3n) is 7.56. The second kappa shape index (κ2) is 9.84. The van der Waals surface area contributed by atoms with Crippen LogP contribution in [0.25, 0.3) is 22.5 Å². The Labute approximate surface area is 211 Å². The van der Waals surface area contributed by atoms with Crippen LogP contribution in [0.15, 0.2) is 53.6 Å². The Hall–Kier alpha value is -3.55. The Morgan fingerprint density at radius 2 is 1.89 bits per heavy atom. The Bertz CT molecular complexity index is 1360. The van der Waals surface area contributed by atoms with Gasteiger partial charge in [0.25, 0.3) is 0 Å². The van der Waals surface area contributed by atoms with Crippen molar-refractivity contribution in [2.75, 3.05) is 0 Å². The molecule has 0 spiro atoms. The number of imidazole rings is 1. The van der Waals surface area contributed by atoms with Gasteiger partial charge in [-0.3, -0.25) is 14.1 Å². The molecule has 1 N–H and O–H groups in total. The Morgan fingerprint density at radius 1 is 1.08 bits per heavy atom. The summed E-state index contributed by atoms with van der Waals surface area (Å²) in [6.07, 6.45) is 9.32. The van der Waals surface area contributed by atoms with Crippen molar-refractivity contribution in [3.63, 3.8) is 0 Å². The Kier molecular flexibility index (Phi) is 6.60. The molecule has 1 fully saturated rings. The van der Waals surface area contributed by atoms with Gasteiger partial charge in [0.1, 0.15) is 0 Å². The molecule has 1 saturated carbocycles. The van der Waals surface area contributed by atoms with Crippen molar-refractivity contribution in [1.82, 2.24) is 34.7 Å². The van der Waals surface area contributed by atoms with Crippen LogP contribution >= 0.6 is 0 Å². The van der Waals surface area contributed by atoms with Crippen molar-refractivity contribution >= 4 is 0 Å². The molecule has 8 nitrogen and oxygen atoms in total. The second-order valence-electron chi connectivity index (χ2n) is 11.0. The van der Waals surface area contributed by atoms with E-state index >= 15 is 0 Å². The molecule has 2 unspecified atom stereocenters. The topological polar surface area (TPSA) is 94.3 Å². The van der Waals surface area contributed by atoms with E-state index in [1.807, 2.05) is 45.7 Å². The zero-order chi connectivity index (χ0) is 25.3. The number of aryl methyl sites for hydroxylation is 1. The van der Waals surface area contributed by atoms with E-state index in [0.29, 0.717) is 18.3 Å². The van der Waals surface area contributed by atoms with Gasteiger partial charge in [0.2, 0.25) is 0 Å². The summed E-state index contributed by atoms with van der Waals surface area (Å²) < 4.78 is 3.95. The number of benzene rings is 1. The van der Waals surface area contributed by atoms with E-state index in [2.05, 4.69) is 60.6 Å². The molecule has 1 aliphatic carbocycles.